The molecule has 0 unspecified atom stereocenters. The van der Waals surface area contributed by atoms with Crippen LogP contribution in [0.3, 0.4) is 0 Å². The second-order valence-electron chi connectivity index (χ2n) is 4.76. The van der Waals surface area contributed by atoms with Crippen LogP contribution in [0.1, 0.15) is 0 Å². The maximum Gasteiger partial charge on any atom is 0.198 e. The minimum atomic E-state index is 0.655. The van der Waals surface area contributed by atoms with Crippen LogP contribution < -0.4 is 0 Å². The number of benzene rings is 2. The largest absolute Gasteiger partial charge is 0.248 e. The minimum absolute atomic E-state index is 0.655. The summed E-state index contributed by atoms with van der Waals surface area (Å²) in [4.78, 5) is 4.75. The zero-order valence-electron chi connectivity index (χ0n) is 11.9. The average molecular weight is 359 g/mol. The number of nitrogens with zero attached hydrogens (tertiary/aromatic N) is 4. The van der Waals surface area contributed by atoms with E-state index in [1.54, 1.807) is 23.5 Å². The molecule has 0 saturated heterocycles. The van der Waals surface area contributed by atoms with Crippen LogP contribution in [-0.4, -0.2) is 25.0 Å². The number of rotatable bonds is 2. The Hall–Kier alpha value is -1.76. The zero-order chi connectivity index (χ0) is 15.6. The second kappa shape index (κ2) is 6.39. The van der Waals surface area contributed by atoms with E-state index < -0.39 is 0 Å². The van der Waals surface area contributed by atoms with Gasteiger partial charge in [-0.15, -0.1) is 10.2 Å². The summed E-state index contributed by atoms with van der Waals surface area (Å²) in [6.07, 6.45) is 0. The summed E-state index contributed by atoms with van der Waals surface area (Å²) in [5, 5.41) is 11.9. The summed E-state index contributed by atoms with van der Waals surface area (Å²) < 4.78 is 1.98. The van der Waals surface area contributed by atoms with Gasteiger partial charge in [-0.25, -0.2) is 9.56 Å². The van der Waals surface area contributed by atoms with Gasteiger partial charge in [-0.05, 0) is 24.3 Å². The molecule has 4 nitrogen and oxygen atoms in total. The predicted molar refractivity (Wildman–Crippen MR) is 97.7 cm³/mol. The summed E-state index contributed by atoms with van der Waals surface area (Å²) in [6, 6.07) is 17.5. The van der Waals surface area contributed by atoms with E-state index in [9.17, 15) is 0 Å². The van der Waals surface area contributed by atoms with E-state index in [2.05, 4.69) is 10.2 Å². The smallest absolute Gasteiger partial charge is 0.198 e. The van der Waals surface area contributed by atoms with Crippen molar-refractivity contribution in [3.63, 3.8) is 0 Å². The van der Waals surface area contributed by atoms with Gasteiger partial charge in [-0.1, -0.05) is 65.5 Å². The number of aromatic nitrogens is 3. The molecule has 0 saturated carbocycles. The van der Waals surface area contributed by atoms with E-state index in [0.29, 0.717) is 5.02 Å². The molecule has 2 aromatic carbocycles. The lowest BCUT2D eigenvalue weighted by molar-refractivity contribution is 0.928. The summed E-state index contributed by atoms with van der Waals surface area (Å²) >= 11 is 9.66. The van der Waals surface area contributed by atoms with E-state index in [1.165, 1.54) is 0 Å². The highest BCUT2D eigenvalue weighted by Crippen LogP contribution is 2.36. The molecule has 1 aliphatic rings. The van der Waals surface area contributed by atoms with Crippen molar-refractivity contribution >= 4 is 46.0 Å². The van der Waals surface area contributed by atoms with Gasteiger partial charge in [0.25, 0.3) is 0 Å². The average Bonchev–Trinajstić information content (AvgIpc) is 3.01. The van der Waals surface area contributed by atoms with Gasteiger partial charge in [0, 0.05) is 5.56 Å². The van der Waals surface area contributed by atoms with Crippen molar-refractivity contribution in [3.8, 4) is 11.4 Å². The fourth-order valence-corrected chi connectivity index (χ4v) is 4.48. The molecule has 4 rings (SSSR count). The molecule has 0 spiro atoms. The molecule has 0 aliphatic carbocycles. The van der Waals surface area contributed by atoms with Crippen molar-refractivity contribution in [1.29, 1.82) is 0 Å². The van der Waals surface area contributed by atoms with Gasteiger partial charge in [-0.3, -0.25) is 0 Å². The van der Waals surface area contributed by atoms with Gasteiger partial charge in [0.1, 0.15) is 0 Å². The lowest BCUT2D eigenvalue weighted by Crippen LogP contribution is -2.15. The van der Waals surface area contributed by atoms with Gasteiger partial charge in [-0.2, -0.15) is 0 Å². The number of aliphatic imine (C=N–C) groups is 1. The van der Waals surface area contributed by atoms with Gasteiger partial charge in [0.15, 0.2) is 16.1 Å². The number of thioether (sulfide) groups is 2. The molecule has 1 aromatic heterocycles. The molecule has 0 amide bonds. The van der Waals surface area contributed by atoms with Crippen LogP contribution in [0.25, 0.3) is 11.4 Å². The molecule has 23 heavy (non-hydrogen) atoms. The monoisotopic (exact) mass is 358 g/mol. The van der Waals surface area contributed by atoms with Crippen molar-refractivity contribution in [3.05, 3.63) is 59.6 Å². The van der Waals surface area contributed by atoms with E-state index >= 15 is 0 Å². The van der Waals surface area contributed by atoms with Gasteiger partial charge >= 0.3 is 0 Å². The highest BCUT2D eigenvalue weighted by Gasteiger charge is 2.24. The topological polar surface area (TPSA) is 43.1 Å². The third-order valence-corrected chi connectivity index (χ3v) is 5.62. The number of fused-ring (bicyclic) bond motifs is 1. The third kappa shape index (κ3) is 2.89. The Kier molecular flexibility index (Phi) is 4.11. The van der Waals surface area contributed by atoms with Crippen LogP contribution in [0, 0.1) is 0 Å². The summed E-state index contributed by atoms with van der Waals surface area (Å²) in [5.41, 5.74) is 1.77. The van der Waals surface area contributed by atoms with E-state index in [4.69, 9.17) is 16.6 Å². The van der Waals surface area contributed by atoms with Crippen molar-refractivity contribution < 1.29 is 0 Å². The molecular formula is C16H11ClN4S2. The fraction of sp³-hybridized carbons (Fsp3) is 0.0625. The Labute approximate surface area is 147 Å². The number of para-hydroxylation sites is 1. The van der Waals surface area contributed by atoms with Crippen LogP contribution in [0.4, 0.5) is 5.69 Å². The molecule has 0 bridgehead atoms. The summed E-state index contributed by atoms with van der Waals surface area (Å²) in [6.45, 7) is 0. The molecule has 0 fully saturated rings. The standard InChI is InChI=1S/C16H11ClN4S2/c17-13-9-5-4-8-12(13)14-19-20-16-21(14)15(22-10-23-16)18-11-6-2-1-3-7-11/h1-9H,10H2. The molecule has 7 heteroatoms. The SMILES string of the molecule is Clc1ccccc1-c1nnc2n1C(=Nc1ccccc1)SCS2. The number of halogens is 1. The highest BCUT2D eigenvalue weighted by atomic mass is 35.5. The van der Waals surface area contributed by atoms with Crippen LogP contribution in [-0.2, 0) is 0 Å². The van der Waals surface area contributed by atoms with Gasteiger partial charge in [0.05, 0.1) is 15.8 Å². The minimum Gasteiger partial charge on any atom is -0.248 e. The lowest BCUT2D eigenvalue weighted by atomic mass is 10.2. The summed E-state index contributed by atoms with van der Waals surface area (Å²) in [7, 11) is 0. The van der Waals surface area contributed by atoms with Crippen LogP contribution in [0.2, 0.25) is 5.02 Å². The van der Waals surface area contributed by atoms with Crippen molar-refractivity contribution in [2.75, 3.05) is 5.08 Å². The summed E-state index contributed by atoms with van der Waals surface area (Å²) in [5.74, 6) is 0.722. The van der Waals surface area contributed by atoms with E-state index in [1.807, 2.05) is 59.2 Å². The zero-order valence-corrected chi connectivity index (χ0v) is 14.3. The third-order valence-electron chi connectivity index (χ3n) is 3.30. The first-order chi connectivity index (χ1) is 11.3. The maximum absolute atomic E-state index is 6.33. The number of hydrogen-bond donors (Lipinski definition) is 0. The van der Waals surface area contributed by atoms with Crippen LogP contribution in [0.5, 0.6) is 0 Å². The Balaban J connectivity index is 1.86. The predicted octanol–water partition coefficient (Wildman–Crippen LogP) is 4.93. The molecule has 0 radical (unpaired) electrons. The lowest BCUT2D eigenvalue weighted by Gasteiger charge is -2.16. The highest BCUT2D eigenvalue weighted by molar-refractivity contribution is 8.24. The van der Waals surface area contributed by atoms with Crippen molar-refractivity contribution in [2.45, 2.75) is 5.16 Å². The van der Waals surface area contributed by atoms with Crippen molar-refractivity contribution in [2.24, 2.45) is 4.99 Å². The van der Waals surface area contributed by atoms with Crippen LogP contribution >= 0.6 is 35.1 Å². The molecule has 114 valence electrons. The van der Waals surface area contributed by atoms with Gasteiger partial charge < -0.3 is 0 Å². The Morgan fingerprint density at radius 3 is 2.57 bits per heavy atom. The second-order valence-corrected chi connectivity index (χ2v) is 7.42. The Bertz CT molecular complexity index is 877. The van der Waals surface area contributed by atoms with Crippen molar-refractivity contribution in [1.82, 2.24) is 14.8 Å². The molecular weight excluding hydrogens is 348 g/mol. The Morgan fingerprint density at radius 2 is 1.74 bits per heavy atom. The van der Waals surface area contributed by atoms with Crippen LogP contribution in [0.15, 0.2) is 64.7 Å². The molecule has 2 heterocycles. The number of hydrogen-bond acceptors (Lipinski definition) is 5. The molecule has 0 atom stereocenters. The van der Waals surface area contributed by atoms with E-state index in [-0.39, 0.29) is 0 Å². The van der Waals surface area contributed by atoms with Gasteiger partial charge in [0.2, 0.25) is 0 Å². The molecule has 3 aromatic rings. The quantitative estimate of drug-likeness (QED) is 0.651. The Morgan fingerprint density at radius 1 is 0.957 bits per heavy atom. The first kappa shape index (κ1) is 14.8. The first-order valence-corrected chi connectivity index (χ1v) is 9.28. The maximum atomic E-state index is 6.33. The molecule has 0 N–H and O–H groups in total. The molecule has 1 aliphatic heterocycles. The first-order valence-electron chi connectivity index (χ1n) is 6.93. The fourth-order valence-electron chi connectivity index (χ4n) is 2.25. The normalized spacial score (nSPS) is 15.6. The van der Waals surface area contributed by atoms with E-state index in [0.717, 1.165) is 32.5 Å².